The molecule has 82 valence electrons. The highest BCUT2D eigenvalue weighted by Crippen LogP contribution is 2.25. The zero-order chi connectivity index (χ0) is 11.3. The smallest absolute Gasteiger partial charge is 0.177 e. The predicted molar refractivity (Wildman–Crippen MR) is 62.3 cm³/mol. The minimum Gasteiger partial charge on any atom is -0.496 e. The summed E-state index contributed by atoms with van der Waals surface area (Å²) in [4.78, 5) is 11.5. The average molecular weight is 273 g/mol. The Kier molecular flexibility index (Phi) is 4.62. The first kappa shape index (κ1) is 12.0. The summed E-state index contributed by atoms with van der Waals surface area (Å²) in [5, 5.41) is 0.289. The molecule has 0 atom stereocenters. The number of hydrogen-bond acceptors (Lipinski definition) is 3. The molecule has 0 saturated carbocycles. The highest BCUT2D eigenvalue weighted by Gasteiger charge is 2.11. The molecule has 0 aliphatic heterocycles. The lowest BCUT2D eigenvalue weighted by Gasteiger charge is -2.09. The second kappa shape index (κ2) is 5.75. The molecule has 1 aromatic carbocycles. The molecule has 0 radical (unpaired) electrons. The van der Waals surface area contributed by atoms with E-state index in [0.717, 1.165) is 0 Å². The molecule has 0 spiro atoms. The molecule has 1 rings (SSSR count). The molecule has 1 aromatic rings. The van der Waals surface area contributed by atoms with Crippen LogP contribution in [-0.4, -0.2) is 24.8 Å². The van der Waals surface area contributed by atoms with Gasteiger partial charge in [-0.25, -0.2) is 0 Å². The van der Waals surface area contributed by atoms with E-state index in [-0.39, 0.29) is 11.1 Å². The summed E-state index contributed by atoms with van der Waals surface area (Å²) in [5.74, 6) is 1.25. The molecule has 0 amide bonds. The minimum absolute atomic E-state index is 0.00472. The normalized spacial score (nSPS) is 9.80. The fourth-order valence-corrected chi connectivity index (χ4v) is 1.53. The summed E-state index contributed by atoms with van der Waals surface area (Å²) in [6.45, 7) is 2.50. The SMILES string of the molecule is CCOc1ccc(C(=O)CBr)c(OC)c1. The van der Waals surface area contributed by atoms with Crippen LogP contribution in [0.3, 0.4) is 0 Å². The van der Waals surface area contributed by atoms with Crippen molar-refractivity contribution in [1.82, 2.24) is 0 Å². The van der Waals surface area contributed by atoms with Gasteiger partial charge in [0.15, 0.2) is 5.78 Å². The Morgan fingerprint density at radius 2 is 2.20 bits per heavy atom. The molecule has 0 unspecified atom stereocenters. The van der Waals surface area contributed by atoms with Crippen molar-refractivity contribution >= 4 is 21.7 Å². The van der Waals surface area contributed by atoms with Crippen LogP contribution in [-0.2, 0) is 0 Å². The van der Waals surface area contributed by atoms with Gasteiger partial charge in [-0.3, -0.25) is 4.79 Å². The number of halogens is 1. The van der Waals surface area contributed by atoms with E-state index >= 15 is 0 Å². The number of alkyl halides is 1. The van der Waals surface area contributed by atoms with Gasteiger partial charge in [-0.05, 0) is 19.1 Å². The second-order valence-corrected chi connectivity index (χ2v) is 3.41. The molecular weight excluding hydrogens is 260 g/mol. The van der Waals surface area contributed by atoms with Crippen molar-refractivity contribution in [3.63, 3.8) is 0 Å². The van der Waals surface area contributed by atoms with Gasteiger partial charge >= 0.3 is 0 Å². The van der Waals surface area contributed by atoms with E-state index in [9.17, 15) is 4.79 Å². The quantitative estimate of drug-likeness (QED) is 0.611. The van der Waals surface area contributed by atoms with Gasteiger partial charge in [0.25, 0.3) is 0 Å². The van der Waals surface area contributed by atoms with Crippen molar-refractivity contribution in [2.24, 2.45) is 0 Å². The van der Waals surface area contributed by atoms with E-state index < -0.39 is 0 Å². The Balaban J connectivity index is 3.03. The monoisotopic (exact) mass is 272 g/mol. The summed E-state index contributed by atoms with van der Waals surface area (Å²) in [6, 6.07) is 5.20. The number of methoxy groups -OCH3 is 1. The molecule has 0 bridgehead atoms. The molecule has 0 N–H and O–H groups in total. The van der Waals surface area contributed by atoms with Crippen molar-refractivity contribution < 1.29 is 14.3 Å². The van der Waals surface area contributed by atoms with Crippen LogP contribution in [0.15, 0.2) is 18.2 Å². The van der Waals surface area contributed by atoms with E-state index in [2.05, 4.69) is 15.9 Å². The topological polar surface area (TPSA) is 35.5 Å². The van der Waals surface area contributed by atoms with Gasteiger partial charge in [0.2, 0.25) is 0 Å². The fraction of sp³-hybridized carbons (Fsp3) is 0.364. The lowest BCUT2D eigenvalue weighted by Crippen LogP contribution is -2.03. The van der Waals surface area contributed by atoms with Crippen LogP contribution in [0.2, 0.25) is 0 Å². The van der Waals surface area contributed by atoms with Gasteiger partial charge in [-0.2, -0.15) is 0 Å². The number of Topliss-reactive ketones (excluding diaryl/α,β-unsaturated/α-hetero) is 1. The molecule has 15 heavy (non-hydrogen) atoms. The Morgan fingerprint density at radius 3 is 2.73 bits per heavy atom. The van der Waals surface area contributed by atoms with E-state index in [0.29, 0.717) is 23.7 Å². The van der Waals surface area contributed by atoms with Crippen LogP contribution in [0.25, 0.3) is 0 Å². The van der Waals surface area contributed by atoms with E-state index in [1.807, 2.05) is 6.92 Å². The van der Waals surface area contributed by atoms with Crippen LogP contribution in [0.5, 0.6) is 11.5 Å². The Labute approximate surface area is 97.5 Å². The third-order valence-electron chi connectivity index (χ3n) is 1.91. The molecule has 4 heteroatoms. The van der Waals surface area contributed by atoms with Gasteiger partial charge in [0.05, 0.1) is 24.6 Å². The lowest BCUT2D eigenvalue weighted by molar-refractivity contribution is 0.102. The third-order valence-corrected chi connectivity index (χ3v) is 2.42. The summed E-state index contributed by atoms with van der Waals surface area (Å²) < 4.78 is 10.4. The number of carbonyl (C=O) groups is 1. The zero-order valence-corrected chi connectivity index (χ0v) is 10.3. The first-order valence-electron chi connectivity index (χ1n) is 4.63. The standard InChI is InChI=1S/C11H13BrO3/c1-3-15-8-4-5-9(10(13)7-12)11(6-8)14-2/h4-6H,3,7H2,1-2H3. The molecule has 3 nitrogen and oxygen atoms in total. The van der Waals surface area contributed by atoms with E-state index in [4.69, 9.17) is 9.47 Å². The second-order valence-electron chi connectivity index (χ2n) is 2.85. The average Bonchev–Trinajstić information content (AvgIpc) is 2.28. The van der Waals surface area contributed by atoms with Crippen molar-refractivity contribution in [1.29, 1.82) is 0 Å². The van der Waals surface area contributed by atoms with Crippen molar-refractivity contribution in [3.05, 3.63) is 23.8 Å². The van der Waals surface area contributed by atoms with E-state index in [1.54, 1.807) is 18.2 Å². The highest BCUT2D eigenvalue weighted by atomic mass is 79.9. The zero-order valence-electron chi connectivity index (χ0n) is 8.75. The van der Waals surface area contributed by atoms with Gasteiger partial charge in [0.1, 0.15) is 11.5 Å². The number of carbonyl (C=O) groups excluding carboxylic acids is 1. The predicted octanol–water partition coefficient (Wildman–Crippen LogP) is 2.67. The Bertz CT molecular complexity index is 350. The van der Waals surface area contributed by atoms with Crippen LogP contribution in [0, 0.1) is 0 Å². The van der Waals surface area contributed by atoms with Crippen LogP contribution in [0.1, 0.15) is 17.3 Å². The number of benzene rings is 1. The molecule has 0 aromatic heterocycles. The molecule has 0 aliphatic carbocycles. The highest BCUT2D eigenvalue weighted by molar-refractivity contribution is 9.09. The van der Waals surface area contributed by atoms with Gasteiger partial charge in [-0.1, -0.05) is 15.9 Å². The van der Waals surface area contributed by atoms with Crippen LogP contribution in [0.4, 0.5) is 0 Å². The Hall–Kier alpha value is -1.03. The number of rotatable bonds is 5. The van der Waals surface area contributed by atoms with Crippen LogP contribution < -0.4 is 9.47 Å². The largest absolute Gasteiger partial charge is 0.496 e. The summed E-state index contributed by atoms with van der Waals surface area (Å²) in [5.41, 5.74) is 0.567. The lowest BCUT2D eigenvalue weighted by atomic mass is 10.1. The molecule has 0 aliphatic rings. The first-order valence-corrected chi connectivity index (χ1v) is 5.75. The van der Waals surface area contributed by atoms with Crippen molar-refractivity contribution in [2.45, 2.75) is 6.92 Å². The summed E-state index contributed by atoms with van der Waals surface area (Å²) >= 11 is 3.13. The molecule has 0 fully saturated rings. The maximum absolute atomic E-state index is 11.5. The Morgan fingerprint density at radius 1 is 1.47 bits per heavy atom. The summed E-state index contributed by atoms with van der Waals surface area (Å²) in [6.07, 6.45) is 0. The molecular formula is C11H13BrO3. The number of ketones is 1. The summed E-state index contributed by atoms with van der Waals surface area (Å²) in [7, 11) is 1.54. The minimum atomic E-state index is -0.00472. The number of ether oxygens (including phenoxy) is 2. The van der Waals surface area contributed by atoms with Gasteiger partial charge < -0.3 is 9.47 Å². The van der Waals surface area contributed by atoms with Gasteiger partial charge in [-0.15, -0.1) is 0 Å². The maximum atomic E-state index is 11.5. The van der Waals surface area contributed by atoms with E-state index in [1.165, 1.54) is 7.11 Å². The number of hydrogen-bond donors (Lipinski definition) is 0. The fourth-order valence-electron chi connectivity index (χ4n) is 1.23. The third kappa shape index (κ3) is 2.96. The molecule has 0 heterocycles. The maximum Gasteiger partial charge on any atom is 0.177 e. The van der Waals surface area contributed by atoms with Crippen molar-refractivity contribution in [2.75, 3.05) is 19.0 Å². The van der Waals surface area contributed by atoms with Crippen molar-refractivity contribution in [3.8, 4) is 11.5 Å². The molecule has 0 saturated heterocycles. The first-order chi connectivity index (χ1) is 7.22. The van der Waals surface area contributed by atoms with Gasteiger partial charge in [0, 0.05) is 6.07 Å². The van der Waals surface area contributed by atoms with Crippen LogP contribution >= 0.6 is 15.9 Å².